The van der Waals surface area contributed by atoms with E-state index in [1.165, 1.54) is 11.8 Å². The number of allylic oxidation sites excluding steroid dienone is 2. The molecule has 2 aromatic carbocycles. The number of Topliss-reactive ketones (excluding diaryl/α,β-unsaturated/α-hetero) is 1. The van der Waals surface area contributed by atoms with Gasteiger partial charge in [0.05, 0.1) is 28.3 Å². The first kappa shape index (κ1) is 23.0. The average molecular weight is 493 g/mol. The van der Waals surface area contributed by atoms with Crippen molar-refractivity contribution in [3.8, 4) is 6.07 Å². The van der Waals surface area contributed by atoms with Gasteiger partial charge in [-0.25, -0.2) is 4.98 Å². The molecule has 0 saturated carbocycles. The molecule has 4 aromatic rings. The first-order valence-corrected chi connectivity index (χ1v) is 12.8. The average Bonchev–Trinajstić information content (AvgIpc) is 3.40. The van der Waals surface area contributed by atoms with Crippen molar-refractivity contribution in [2.45, 2.75) is 28.7 Å². The largest absolute Gasteiger partial charge is 0.401 e. The number of rotatable bonds is 9. The lowest BCUT2D eigenvalue weighted by Crippen LogP contribution is -2.11. The van der Waals surface area contributed by atoms with Crippen LogP contribution in [-0.4, -0.2) is 31.3 Å². The number of thioether (sulfide) groups is 2. The Hall–Kier alpha value is -3.13. The minimum Gasteiger partial charge on any atom is -0.401 e. The SMILES string of the molecule is CC(N)=C(C#N)C(=O)CSc1nnc(CSc2nc3ccccc3s2)n1Cc1ccccc1. The van der Waals surface area contributed by atoms with E-state index in [1.54, 1.807) is 30.0 Å². The van der Waals surface area contributed by atoms with Crippen LogP contribution >= 0.6 is 34.9 Å². The first-order valence-electron chi connectivity index (χ1n) is 10.0. The van der Waals surface area contributed by atoms with Gasteiger partial charge in [0.1, 0.15) is 17.5 Å². The number of para-hydroxylation sites is 1. The molecule has 0 saturated heterocycles. The lowest BCUT2D eigenvalue weighted by atomic mass is 10.2. The zero-order chi connectivity index (χ0) is 23.2. The van der Waals surface area contributed by atoms with E-state index < -0.39 is 0 Å². The Morgan fingerprint density at radius 2 is 1.88 bits per heavy atom. The maximum Gasteiger partial charge on any atom is 0.191 e. The van der Waals surface area contributed by atoms with Crippen LogP contribution in [0, 0.1) is 11.3 Å². The van der Waals surface area contributed by atoms with Crippen molar-refractivity contribution in [1.29, 1.82) is 5.26 Å². The summed E-state index contributed by atoms with van der Waals surface area (Å²) in [4.78, 5) is 17.1. The van der Waals surface area contributed by atoms with Crippen LogP contribution in [0.3, 0.4) is 0 Å². The molecule has 0 spiro atoms. The van der Waals surface area contributed by atoms with Crippen molar-refractivity contribution in [2.24, 2.45) is 5.73 Å². The first-order chi connectivity index (χ1) is 16.0. The molecule has 0 aliphatic heterocycles. The molecular formula is C23H20N6OS3. The summed E-state index contributed by atoms with van der Waals surface area (Å²) >= 11 is 4.53. The van der Waals surface area contributed by atoms with Crippen molar-refractivity contribution >= 4 is 50.9 Å². The number of nitrogens with zero attached hydrogens (tertiary/aromatic N) is 5. The summed E-state index contributed by atoms with van der Waals surface area (Å²) in [6.45, 7) is 2.13. The second kappa shape index (κ2) is 10.7. The molecule has 0 aliphatic rings. The highest BCUT2D eigenvalue weighted by atomic mass is 32.2. The van der Waals surface area contributed by atoms with Gasteiger partial charge in [0, 0.05) is 5.70 Å². The van der Waals surface area contributed by atoms with Gasteiger partial charge in [-0.15, -0.1) is 21.5 Å². The minimum absolute atomic E-state index is 0.0109. The molecule has 0 fully saturated rings. The molecule has 0 aliphatic carbocycles. The Kier molecular flexibility index (Phi) is 7.44. The van der Waals surface area contributed by atoms with Crippen LogP contribution in [0.4, 0.5) is 0 Å². The molecule has 2 heterocycles. The minimum atomic E-state index is -0.317. The van der Waals surface area contributed by atoms with Gasteiger partial charge >= 0.3 is 0 Å². The predicted octanol–water partition coefficient (Wildman–Crippen LogP) is 4.65. The Morgan fingerprint density at radius 3 is 2.61 bits per heavy atom. The number of carbonyl (C=O) groups excluding carboxylic acids is 1. The third-order valence-electron chi connectivity index (χ3n) is 4.69. The zero-order valence-corrected chi connectivity index (χ0v) is 20.2. The van der Waals surface area contributed by atoms with E-state index in [0.717, 1.165) is 25.9 Å². The van der Waals surface area contributed by atoms with E-state index in [4.69, 9.17) is 5.73 Å². The lowest BCUT2D eigenvalue weighted by Gasteiger charge is -2.10. The summed E-state index contributed by atoms with van der Waals surface area (Å²) in [7, 11) is 0. The van der Waals surface area contributed by atoms with E-state index in [1.807, 2.05) is 59.2 Å². The van der Waals surface area contributed by atoms with Gasteiger partial charge in [-0.3, -0.25) is 4.79 Å². The molecule has 2 N–H and O–H groups in total. The van der Waals surface area contributed by atoms with Crippen molar-refractivity contribution in [3.63, 3.8) is 0 Å². The topological polar surface area (TPSA) is 110 Å². The van der Waals surface area contributed by atoms with Gasteiger partial charge < -0.3 is 10.3 Å². The molecule has 7 nitrogen and oxygen atoms in total. The van der Waals surface area contributed by atoms with Crippen LogP contribution in [0.2, 0.25) is 0 Å². The van der Waals surface area contributed by atoms with Crippen LogP contribution in [0.15, 0.2) is 75.4 Å². The van der Waals surface area contributed by atoms with Gasteiger partial charge in [-0.1, -0.05) is 66.0 Å². The monoisotopic (exact) mass is 492 g/mol. The predicted molar refractivity (Wildman–Crippen MR) is 133 cm³/mol. The van der Waals surface area contributed by atoms with Crippen LogP contribution < -0.4 is 5.73 Å². The Morgan fingerprint density at radius 1 is 1.12 bits per heavy atom. The summed E-state index contributed by atoms with van der Waals surface area (Å²) in [5.41, 5.74) is 7.97. The summed E-state index contributed by atoms with van der Waals surface area (Å²) in [5, 5.41) is 18.5. The second-order valence-corrected chi connectivity index (χ2v) is 10.3. The smallest absolute Gasteiger partial charge is 0.191 e. The molecule has 0 radical (unpaired) electrons. The number of thiazole rings is 1. The van der Waals surface area contributed by atoms with Crippen LogP contribution in [0.1, 0.15) is 18.3 Å². The highest BCUT2D eigenvalue weighted by Gasteiger charge is 2.18. The number of hydrogen-bond acceptors (Lipinski definition) is 9. The fourth-order valence-corrected chi connectivity index (χ4v) is 5.91. The highest BCUT2D eigenvalue weighted by molar-refractivity contribution is 8.00. The molecule has 0 amide bonds. The fraction of sp³-hybridized carbons (Fsp3) is 0.174. The second-order valence-electron chi connectivity index (χ2n) is 7.09. The van der Waals surface area contributed by atoms with Crippen molar-refractivity contribution < 1.29 is 4.79 Å². The molecule has 4 rings (SSSR count). The van der Waals surface area contributed by atoms with Gasteiger partial charge in [0.15, 0.2) is 15.3 Å². The Bertz CT molecular complexity index is 1320. The van der Waals surface area contributed by atoms with Gasteiger partial charge in [0.25, 0.3) is 0 Å². The van der Waals surface area contributed by atoms with Crippen molar-refractivity contribution in [1.82, 2.24) is 19.7 Å². The third-order valence-corrected chi connectivity index (χ3v) is 7.84. The highest BCUT2D eigenvalue weighted by Crippen LogP contribution is 2.32. The number of nitrogens with two attached hydrogens (primary N) is 1. The van der Waals surface area contributed by atoms with E-state index in [0.29, 0.717) is 17.5 Å². The van der Waals surface area contributed by atoms with E-state index in [9.17, 15) is 10.1 Å². The van der Waals surface area contributed by atoms with Gasteiger partial charge in [-0.2, -0.15) is 5.26 Å². The van der Waals surface area contributed by atoms with Crippen LogP contribution in [-0.2, 0) is 17.1 Å². The van der Waals surface area contributed by atoms with E-state index >= 15 is 0 Å². The number of carbonyl (C=O) groups is 1. The lowest BCUT2D eigenvalue weighted by molar-refractivity contribution is -0.112. The molecular weight excluding hydrogens is 472 g/mol. The number of ketones is 1. The number of hydrogen-bond donors (Lipinski definition) is 1. The molecule has 0 bridgehead atoms. The van der Waals surface area contributed by atoms with E-state index in [2.05, 4.69) is 21.2 Å². The summed E-state index contributed by atoms with van der Waals surface area (Å²) < 4.78 is 4.13. The standard InChI is InChI=1S/C23H20N6OS3/c1-15(25)17(11-24)19(30)13-31-22-28-27-21(29(22)12-16-7-3-2-4-8-16)14-32-23-26-18-9-5-6-10-20(18)33-23/h2-10H,12-14,25H2,1H3. The van der Waals surface area contributed by atoms with Gasteiger partial charge in [0.2, 0.25) is 0 Å². The van der Waals surface area contributed by atoms with Crippen molar-refractivity contribution in [3.05, 3.63) is 77.3 Å². The van der Waals surface area contributed by atoms with Crippen LogP contribution in [0.5, 0.6) is 0 Å². The molecule has 10 heteroatoms. The fourth-order valence-electron chi connectivity index (χ4n) is 3.07. The maximum absolute atomic E-state index is 12.4. The Balaban J connectivity index is 1.54. The summed E-state index contributed by atoms with van der Waals surface area (Å²) in [6.07, 6.45) is 0. The normalized spacial score (nSPS) is 11.9. The quantitative estimate of drug-likeness (QED) is 0.204. The summed E-state index contributed by atoms with van der Waals surface area (Å²) in [6, 6.07) is 20.0. The molecule has 166 valence electrons. The summed E-state index contributed by atoms with van der Waals surface area (Å²) in [5.74, 6) is 1.14. The van der Waals surface area contributed by atoms with Crippen molar-refractivity contribution in [2.75, 3.05) is 5.75 Å². The van der Waals surface area contributed by atoms with Gasteiger partial charge in [-0.05, 0) is 24.6 Å². The molecule has 0 atom stereocenters. The third kappa shape index (κ3) is 5.63. The number of benzene rings is 2. The van der Waals surface area contributed by atoms with Crippen LogP contribution in [0.25, 0.3) is 10.2 Å². The molecule has 0 unspecified atom stereocenters. The Labute approximate surface area is 203 Å². The molecule has 33 heavy (non-hydrogen) atoms. The molecule has 2 aromatic heterocycles. The number of nitriles is 1. The maximum atomic E-state index is 12.4. The number of aromatic nitrogens is 4. The zero-order valence-electron chi connectivity index (χ0n) is 17.8. The number of fused-ring (bicyclic) bond motifs is 1. The van der Waals surface area contributed by atoms with E-state index in [-0.39, 0.29) is 22.8 Å².